The van der Waals surface area contributed by atoms with E-state index in [-0.39, 0.29) is 0 Å². The minimum atomic E-state index is -2.00. The molecular weight excluding hydrogens is 224 g/mol. The number of benzene rings is 1. The van der Waals surface area contributed by atoms with Gasteiger partial charge >= 0.3 is 0 Å². The molecule has 0 radical (unpaired) electrons. The van der Waals surface area contributed by atoms with Crippen molar-refractivity contribution < 1.29 is 24.9 Å². The molecule has 9 nitrogen and oxygen atoms in total. The van der Waals surface area contributed by atoms with Crippen LogP contribution in [0.15, 0.2) is 12.1 Å². The Morgan fingerprint density at radius 2 is 1.69 bits per heavy atom. The molecule has 0 unspecified atom stereocenters. The third-order valence-electron chi connectivity index (χ3n) is 1.68. The van der Waals surface area contributed by atoms with Gasteiger partial charge in [-0.15, -0.1) is 0 Å². The van der Waals surface area contributed by atoms with E-state index in [2.05, 4.69) is 0 Å². The molecule has 1 aromatic rings. The lowest BCUT2D eigenvalue weighted by Gasteiger charge is -2.13. The maximum absolute atomic E-state index is 11.1. The van der Waals surface area contributed by atoms with Crippen LogP contribution in [0.1, 0.15) is 10.4 Å². The smallest absolute Gasteiger partial charge is 0.276 e. The van der Waals surface area contributed by atoms with Gasteiger partial charge in [0.2, 0.25) is 0 Å². The Hall–Kier alpha value is -2.71. The topological polar surface area (TPSA) is 149 Å². The van der Waals surface area contributed by atoms with Crippen LogP contribution in [0.25, 0.3) is 0 Å². The number of hydrogen-bond acceptors (Lipinski definition) is 7. The molecule has 0 fully saturated rings. The fourth-order valence-corrected chi connectivity index (χ4v) is 0.991. The molecular formula is C7H2N2O7-2. The van der Waals surface area contributed by atoms with Crippen LogP contribution in [0.4, 0.5) is 11.4 Å². The van der Waals surface area contributed by atoms with E-state index in [1.807, 2.05) is 0 Å². The second kappa shape index (κ2) is 3.81. The fraction of sp³-hybridized carbons (Fsp3) is 0. The molecule has 0 saturated heterocycles. The average Bonchev–Trinajstić information content (AvgIpc) is 2.16. The second-order valence-electron chi connectivity index (χ2n) is 2.64. The van der Waals surface area contributed by atoms with Gasteiger partial charge in [0.15, 0.2) is 0 Å². The molecule has 0 spiro atoms. The van der Waals surface area contributed by atoms with Gasteiger partial charge in [0.25, 0.3) is 11.4 Å². The van der Waals surface area contributed by atoms with E-state index in [1.54, 1.807) is 0 Å². The van der Waals surface area contributed by atoms with E-state index < -0.39 is 38.5 Å². The second-order valence-corrected chi connectivity index (χ2v) is 2.64. The van der Waals surface area contributed by atoms with Gasteiger partial charge in [-0.2, -0.15) is 0 Å². The van der Waals surface area contributed by atoms with E-state index in [1.165, 1.54) is 0 Å². The summed E-state index contributed by atoms with van der Waals surface area (Å²) in [6.45, 7) is 0. The SMILES string of the molecule is O=C([O-])c1cc([N+](=O)[O-])cc([N+](=O)[O-])c1[O-]. The third-order valence-corrected chi connectivity index (χ3v) is 1.68. The first kappa shape index (κ1) is 11.4. The number of carboxylic acid groups (broad SMARTS) is 1. The maximum Gasteiger partial charge on any atom is 0.276 e. The van der Waals surface area contributed by atoms with Gasteiger partial charge in [0.05, 0.1) is 21.9 Å². The van der Waals surface area contributed by atoms with Crippen molar-refractivity contribution in [2.24, 2.45) is 0 Å². The summed E-state index contributed by atoms with van der Waals surface area (Å²) in [7, 11) is 0. The molecule has 0 aliphatic heterocycles. The van der Waals surface area contributed by atoms with Crippen molar-refractivity contribution in [3.8, 4) is 5.75 Å². The van der Waals surface area contributed by atoms with Crippen LogP contribution in [-0.4, -0.2) is 15.8 Å². The highest BCUT2D eigenvalue weighted by Crippen LogP contribution is 2.31. The van der Waals surface area contributed by atoms with Crippen LogP contribution in [-0.2, 0) is 0 Å². The number of rotatable bonds is 3. The van der Waals surface area contributed by atoms with Crippen molar-refractivity contribution in [3.05, 3.63) is 37.9 Å². The zero-order chi connectivity index (χ0) is 12.5. The molecule has 0 aromatic heterocycles. The molecule has 0 amide bonds. The van der Waals surface area contributed by atoms with Gasteiger partial charge in [0.1, 0.15) is 0 Å². The first-order valence-electron chi connectivity index (χ1n) is 3.69. The number of carbonyl (C=O) groups is 1. The van der Waals surface area contributed by atoms with E-state index in [4.69, 9.17) is 0 Å². The molecule has 0 bridgehead atoms. The van der Waals surface area contributed by atoms with Crippen molar-refractivity contribution in [2.75, 3.05) is 0 Å². The van der Waals surface area contributed by atoms with Crippen molar-refractivity contribution in [2.45, 2.75) is 0 Å². The first-order chi connectivity index (χ1) is 7.34. The van der Waals surface area contributed by atoms with Crippen LogP contribution in [0.3, 0.4) is 0 Å². The van der Waals surface area contributed by atoms with Crippen molar-refractivity contribution in [1.29, 1.82) is 0 Å². The molecule has 0 N–H and O–H groups in total. The van der Waals surface area contributed by atoms with Gasteiger partial charge in [-0.3, -0.25) is 20.2 Å². The van der Waals surface area contributed by atoms with Gasteiger partial charge in [-0.25, -0.2) is 0 Å². The normalized spacial score (nSPS) is 9.75. The highest BCUT2D eigenvalue weighted by atomic mass is 16.6. The van der Waals surface area contributed by atoms with Gasteiger partial charge < -0.3 is 15.0 Å². The zero-order valence-electron chi connectivity index (χ0n) is 7.41. The van der Waals surface area contributed by atoms with Gasteiger partial charge in [-0.05, 0) is 5.75 Å². The summed E-state index contributed by atoms with van der Waals surface area (Å²) < 4.78 is 0. The molecule has 16 heavy (non-hydrogen) atoms. The summed E-state index contributed by atoms with van der Waals surface area (Å²) in [6, 6.07) is 0.819. The van der Waals surface area contributed by atoms with Gasteiger partial charge in [0, 0.05) is 11.6 Å². The van der Waals surface area contributed by atoms with Crippen molar-refractivity contribution in [3.63, 3.8) is 0 Å². The Kier molecular flexibility index (Phi) is 2.70. The molecule has 1 rings (SSSR count). The third kappa shape index (κ3) is 1.87. The van der Waals surface area contributed by atoms with E-state index in [9.17, 15) is 35.2 Å². The minimum absolute atomic E-state index is 0.398. The number of carbonyl (C=O) groups excluding carboxylic acids is 1. The van der Waals surface area contributed by atoms with Crippen LogP contribution < -0.4 is 10.2 Å². The van der Waals surface area contributed by atoms with Crippen molar-refractivity contribution in [1.82, 2.24) is 0 Å². The lowest BCUT2D eigenvalue weighted by Crippen LogP contribution is -2.24. The highest BCUT2D eigenvalue weighted by Gasteiger charge is 2.18. The molecule has 0 atom stereocenters. The predicted molar refractivity (Wildman–Crippen MR) is 43.5 cm³/mol. The molecule has 0 aliphatic carbocycles. The minimum Gasteiger partial charge on any atom is -0.867 e. The lowest BCUT2D eigenvalue weighted by molar-refractivity contribution is -0.403. The largest absolute Gasteiger partial charge is 0.867 e. The Labute approximate surface area is 86.9 Å². The zero-order valence-corrected chi connectivity index (χ0v) is 7.41. The predicted octanol–water partition coefficient (Wildman–Crippen LogP) is -1.06. The van der Waals surface area contributed by atoms with E-state index in [0.29, 0.717) is 12.1 Å². The molecule has 1 aromatic carbocycles. The summed E-state index contributed by atoms with van der Waals surface area (Å²) in [6.07, 6.45) is 0. The Morgan fingerprint density at radius 1 is 1.12 bits per heavy atom. The van der Waals surface area contributed by atoms with Crippen LogP contribution in [0, 0.1) is 20.2 Å². The van der Waals surface area contributed by atoms with Crippen LogP contribution >= 0.6 is 0 Å². The number of carboxylic acids is 1. The van der Waals surface area contributed by atoms with Crippen LogP contribution in [0.5, 0.6) is 5.75 Å². The molecule has 84 valence electrons. The molecule has 0 aliphatic rings. The quantitative estimate of drug-likeness (QED) is 0.470. The van der Waals surface area contributed by atoms with E-state index in [0.717, 1.165) is 0 Å². The average molecular weight is 226 g/mol. The van der Waals surface area contributed by atoms with Crippen molar-refractivity contribution >= 4 is 17.3 Å². The summed E-state index contributed by atoms with van der Waals surface area (Å²) in [5.74, 6) is -3.42. The molecule has 0 heterocycles. The Bertz CT molecular complexity index is 461. The standard InChI is InChI=1S/C7H4N2O7/c10-6-4(7(11)12)1-3(8(13)14)2-5(6)9(15)16/h1-2,10H,(H,11,12)/p-2. The van der Waals surface area contributed by atoms with E-state index >= 15 is 0 Å². The summed E-state index contributed by atoms with van der Waals surface area (Å²) in [4.78, 5) is 28.9. The summed E-state index contributed by atoms with van der Waals surface area (Å²) in [5, 5.41) is 42.2. The monoisotopic (exact) mass is 226 g/mol. The lowest BCUT2D eigenvalue weighted by atomic mass is 10.1. The number of nitrogens with zero attached hydrogens (tertiary/aromatic N) is 2. The van der Waals surface area contributed by atoms with Crippen LogP contribution in [0.2, 0.25) is 0 Å². The summed E-state index contributed by atoms with van der Waals surface area (Å²) >= 11 is 0. The number of aromatic carboxylic acids is 1. The molecule has 0 saturated carbocycles. The Morgan fingerprint density at radius 3 is 2.06 bits per heavy atom. The highest BCUT2D eigenvalue weighted by molar-refractivity contribution is 5.91. The Balaban J connectivity index is 3.57. The summed E-state index contributed by atoms with van der Waals surface area (Å²) in [5.41, 5.74) is -3.14. The fourth-order valence-electron chi connectivity index (χ4n) is 0.991. The number of nitro benzene ring substituents is 2. The molecule has 9 heteroatoms. The number of non-ortho nitro benzene ring substituents is 1. The maximum atomic E-state index is 11.1. The van der Waals surface area contributed by atoms with Gasteiger partial charge in [-0.1, -0.05) is 0 Å². The number of nitro groups is 2. The number of hydrogen-bond donors (Lipinski definition) is 0. The first-order valence-corrected chi connectivity index (χ1v) is 3.69.